The maximum atomic E-state index is 5.59. The molecular weight excluding hydrogens is 274 g/mol. The molecule has 2 atom stereocenters. The summed E-state index contributed by atoms with van der Waals surface area (Å²) in [5, 5.41) is 2.13. The van der Waals surface area contributed by atoms with Crippen molar-refractivity contribution >= 4 is 27.3 Å². The van der Waals surface area contributed by atoms with E-state index in [0.29, 0.717) is 12.1 Å². The third-order valence-electron chi connectivity index (χ3n) is 3.02. The smallest absolute Gasteiger partial charge is 0.0743 e. The molecule has 1 aliphatic heterocycles. The Morgan fingerprint density at radius 3 is 3.00 bits per heavy atom. The maximum Gasteiger partial charge on any atom is 0.0743 e. The fourth-order valence-electron chi connectivity index (χ4n) is 2.12. The first-order chi connectivity index (χ1) is 7.18. The normalized spacial score (nSPS) is 26.4. The first-order valence-electron chi connectivity index (χ1n) is 5.22. The molecular formula is C11H16BrNOS. The minimum atomic E-state index is 0.368. The molecule has 4 heteroatoms. The van der Waals surface area contributed by atoms with Crippen molar-refractivity contribution in [3.05, 3.63) is 20.8 Å². The number of halogens is 1. The zero-order valence-corrected chi connectivity index (χ0v) is 11.5. The van der Waals surface area contributed by atoms with Gasteiger partial charge in [-0.05, 0) is 53.3 Å². The van der Waals surface area contributed by atoms with Gasteiger partial charge >= 0.3 is 0 Å². The van der Waals surface area contributed by atoms with Crippen LogP contribution in [0.1, 0.15) is 18.9 Å². The molecule has 1 saturated heterocycles. The highest BCUT2D eigenvalue weighted by molar-refractivity contribution is 9.11. The van der Waals surface area contributed by atoms with Gasteiger partial charge in [-0.15, -0.1) is 11.3 Å². The summed E-state index contributed by atoms with van der Waals surface area (Å²) >= 11 is 5.33. The number of thiophene rings is 1. The summed E-state index contributed by atoms with van der Waals surface area (Å²) in [5.41, 5.74) is 1.38. The van der Waals surface area contributed by atoms with Crippen LogP contribution in [0.3, 0.4) is 0 Å². The van der Waals surface area contributed by atoms with Crippen molar-refractivity contribution in [1.29, 1.82) is 0 Å². The van der Waals surface area contributed by atoms with E-state index in [-0.39, 0.29) is 0 Å². The number of likely N-dealkylation sites (N-methyl/N-ethyl adjacent to an activating group) is 1. The summed E-state index contributed by atoms with van der Waals surface area (Å²) in [7, 11) is 2.18. The lowest BCUT2D eigenvalue weighted by Crippen LogP contribution is -2.36. The highest BCUT2D eigenvalue weighted by Gasteiger charge is 2.27. The van der Waals surface area contributed by atoms with E-state index in [9.17, 15) is 0 Å². The Morgan fingerprint density at radius 2 is 2.47 bits per heavy atom. The van der Waals surface area contributed by atoms with E-state index in [4.69, 9.17) is 4.74 Å². The van der Waals surface area contributed by atoms with Gasteiger partial charge in [0.05, 0.1) is 9.89 Å². The van der Waals surface area contributed by atoms with Crippen molar-refractivity contribution in [3.8, 4) is 0 Å². The Balaban J connectivity index is 1.97. The van der Waals surface area contributed by atoms with Crippen LogP contribution in [0.25, 0.3) is 0 Å². The second kappa shape index (κ2) is 4.95. The predicted octanol–water partition coefficient (Wildman–Crippen LogP) is 3.12. The summed E-state index contributed by atoms with van der Waals surface area (Å²) in [6, 6.07) is 2.75. The third-order valence-corrected chi connectivity index (χ3v) is 4.83. The lowest BCUT2D eigenvalue weighted by molar-refractivity contribution is 0.0814. The van der Waals surface area contributed by atoms with Gasteiger partial charge in [-0.3, -0.25) is 4.90 Å². The number of hydrogen-bond acceptors (Lipinski definition) is 3. The third kappa shape index (κ3) is 2.61. The molecule has 2 nitrogen and oxygen atoms in total. The van der Waals surface area contributed by atoms with E-state index < -0.39 is 0 Å². The standard InChI is InChI=1S/C11H16BrNOS/c1-8-10(3-5-14-8)13(2)7-9-4-6-15-11(9)12/h4,6,8,10H,3,5,7H2,1-2H3. The lowest BCUT2D eigenvalue weighted by atomic mass is 10.1. The monoisotopic (exact) mass is 289 g/mol. The van der Waals surface area contributed by atoms with Crippen molar-refractivity contribution in [2.24, 2.45) is 0 Å². The summed E-state index contributed by atoms with van der Waals surface area (Å²) in [4.78, 5) is 2.39. The van der Waals surface area contributed by atoms with Gasteiger partial charge in [-0.1, -0.05) is 0 Å². The van der Waals surface area contributed by atoms with E-state index in [1.54, 1.807) is 11.3 Å². The number of nitrogens with zero attached hydrogens (tertiary/aromatic N) is 1. The number of rotatable bonds is 3. The molecule has 84 valence electrons. The largest absolute Gasteiger partial charge is 0.377 e. The van der Waals surface area contributed by atoms with Crippen molar-refractivity contribution in [2.75, 3.05) is 13.7 Å². The fourth-order valence-corrected chi connectivity index (χ4v) is 3.33. The molecule has 1 aromatic heterocycles. The van der Waals surface area contributed by atoms with Crippen LogP contribution in [-0.2, 0) is 11.3 Å². The molecule has 0 bridgehead atoms. The van der Waals surface area contributed by atoms with Crippen LogP contribution in [0.4, 0.5) is 0 Å². The second-order valence-corrected chi connectivity index (χ2v) is 6.30. The predicted molar refractivity (Wildman–Crippen MR) is 67.3 cm³/mol. The molecule has 0 saturated carbocycles. The van der Waals surface area contributed by atoms with E-state index in [0.717, 1.165) is 19.6 Å². The molecule has 2 rings (SSSR count). The van der Waals surface area contributed by atoms with Gasteiger partial charge in [0.1, 0.15) is 0 Å². The minimum absolute atomic E-state index is 0.368. The molecule has 1 aromatic rings. The van der Waals surface area contributed by atoms with Crippen LogP contribution in [0, 0.1) is 0 Å². The van der Waals surface area contributed by atoms with Gasteiger partial charge in [-0.25, -0.2) is 0 Å². The Hall–Kier alpha value is 0.100. The fraction of sp³-hybridized carbons (Fsp3) is 0.636. The molecule has 0 N–H and O–H groups in total. The average Bonchev–Trinajstić information content (AvgIpc) is 2.76. The molecule has 1 fully saturated rings. The number of ether oxygens (including phenoxy) is 1. The Morgan fingerprint density at radius 1 is 1.67 bits per heavy atom. The van der Waals surface area contributed by atoms with E-state index in [2.05, 4.69) is 46.2 Å². The van der Waals surface area contributed by atoms with Gasteiger partial charge in [-0.2, -0.15) is 0 Å². The van der Waals surface area contributed by atoms with Gasteiger partial charge < -0.3 is 4.74 Å². The molecule has 0 radical (unpaired) electrons. The van der Waals surface area contributed by atoms with Crippen LogP contribution in [0.15, 0.2) is 15.2 Å². The van der Waals surface area contributed by atoms with E-state index in [1.807, 2.05) is 0 Å². The van der Waals surface area contributed by atoms with E-state index in [1.165, 1.54) is 9.35 Å². The first-order valence-corrected chi connectivity index (χ1v) is 6.89. The molecule has 0 spiro atoms. The average molecular weight is 290 g/mol. The van der Waals surface area contributed by atoms with Crippen molar-refractivity contribution in [2.45, 2.75) is 32.0 Å². The van der Waals surface area contributed by atoms with Gasteiger partial charge in [0.2, 0.25) is 0 Å². The maximum absolute atomic E-state index is 5.59. The summed E-state index contributed by atoms with van der Waals surface area (Å²) in [6.07, 6.45) is 1.52. The summed E-state index contributed by atoms with van der Waals surface area (Å²) < 4.78 is 6.84. The molecule has 0 aromatic carbocycles. The Labute approximate surface area is 103 Å². The Bertz CT molecular complexity index is 328. The summed E-state index contributed by atoms with van der Waals surface area (Å²) in [6.45, 7) is 4.07. The van der Waals surface area contributed by atoms with Gasteiger partial charge in [0.25, 0.3) is 0 Å². The number of hydrogen-bond donors (Lipinski definition) is 0. The van der Waals surface area contributed by atoms with Crippen LogP contribution < -0.4 is 0 Å². The quantitative estimate of drug-likeness (QED) is 0.848. The van der Waals surface area contributed by atoms with Crippen molar-refractivity contribution in [1.82, 2.24) is 4.90 Å². The molecule has 2 heterocycles. The van der Waals surface area contributed by atoms with E-state index >= 15 is 0 Å². The Kier molecular flexibility index (Phi) is 3.83. The summed E-state index contributed by atoms with van der Waals surface area (Å²) in [5.74, 6) is 0. The van der Waals surface area contributed by atoms with Crippen LogP contribution >= 0.6 is 27.3 Å². The second-order valence-electron chi connectivity index (χ2n) is 4.07. The van der Waals surface area contributed by atoms with Crippen LogP contribution in [0.2, 0.25) is 0 Å². The zero-order valence-electron chi connectivity index (χ0n) is 9.07. The van der Waals surface area contributed by atoms with Crippen LogP contribution in [-0.4, -0.2) is 30.7 Å². The van der Waals surface area contributed by atoms with Gasteiger partial charge in [0.15, 0.2) is 0 Å². The molecule has 0 amide bonds. The lowest BCUT2D eigenvalue weighted by Gasteiger charge is -2.26. The highest BCUT2D eigenvalue weighted by Crippen LogP contribution is 2.26. The zero-order chi connectivity index (χ0) is 10.8. The molecule has 2 unspecified atom stereocenters. The minimum Gasteiger partial charge on any atom is -0.377 e. The molecule has 1 aliphatic rings. The first kappa shape index (κ1) is 11.6. The molecule has 15 heavy (non-hydrogen) atoms. The van der Waals surface area contributed by atoms with Crippen molar-refractivity contribution in [3.63, 3.8) is 0 Å². The van der Waals surface area contributed by atoms with Crippen LogP contribution in [0.5, 0.6) is 0 Å². The topological polar surface area (TPSA) is 12.5 Å². The highest BCUT2D eigenvalue weighted by atomic mass is 79.9. The molecule has 0 aliphatic carbocycles. The van der Waals surface area contributed by atoms with Gasteiger partial charge in [0, 0.05) is 19.2 Å². The van der Waals surface area contributed by atoms with Crippen molar-refractivity contribution < 1.29 is 4.74 Å². The SMILES string of the molecule is CC1OCCC1N(C)Cc1ccsc1Br.